The minimum atomic E-state index is -1.06. The highest BCUT2D eigenvalue weighted by atomic mass is 19.1. The number of nitrogen functional groups attached to an aromatic ring is 3. The minimum absolute atomic E-state index is 0.0110. The van der Waals surface area contributed by atoms with Gasteiger partial charge in [-0.3, -0.25) is 29.3 Å². The number of amides is 2. The zero-order valence-electron chi connectivity index (χ0n) is 65.7. The third-order valence-corrected chi connectivity index (χ3v) is 16.9. The highest BCUT2D eigenvalue weighted by molar-refractivity contribution is 5.95. The Morgan fingerprint density at radius 3 is 1.28 bits per heavy atom. The first-order chi connectivity index (χ1) is 55.7. The number of pyridine rings is 6. The third kappa shape index (κ3) is 29.4. The van der Waals surface area contributed by atoms with E-state index in [0.29, 0.717) is 55.8 Å². The Kier molecular flexibility index (Phi) is 31.8. The Morgan fingerprint density at radius 1 is 0.538 bits per heavy atom. The van der Waals surface area contributed by atoms with E-state index in [1.54, 1.807) is 91.4 Å². The first-order valence-corrected chi connectivity index (χ1v) is 36.8. The molecule has 39 heteroatoms. The number of hydrazine groups is 2. The summed E-state index contributed by atoms with van der Waals surface area (Å²) < 4.78 is 79.5. The van der Waals surface area contributed by atoms with E-state index in [4.69, 9.17) is 51.3 Å². The van der Waals surface area contributed by atoms with E-state index in [0.717, 1.165) is 102 Å². The molecule has 0 spiro atoms. The maximum Gasteiger partial charge on any atom is 0.426 e. The standard InChI is InChI=1S/C17H21FN4O4.C17H21N5O2.C15H17N5O2.C12H13FN4O2.C11H16FN3O2.C6H4FNO/c1-5-25-15(23)13(8-19)11-22(21-16(24)26-17(2,3)4)10-12-6-7-14(18)20-9-12;1-2-24-17(23)14-10-22(20-16(14)18)7-11-3-4-15(19-6-11)21-8-12-5-13(12)9-21;16-14-12(15(21)22)8-20(18-14)5-9-1-2-13(17-4-9)19-6-10-3-11(10)7-19;1-2-19-12(18)9-7-17(16-11(9)14)6-8-3-4-10(13)15-5-8;1-11(2,3)17-10(16)15-14-7-8-4-5-9(12)13-6-8;7-6-2-1-5(4-9)3-8-6/h6-7,9,11H,5,10H2,1-4H3,(H,21,24);3-4,6,10,12-13H,2,5,7-9H2,1H3,(H2,18,20);1-2,4,8,10-11H,3,5-7H2,(H2,16,18)(H,21,22);3-5,7H,2,6H2,1H3,(H2,14,16);4-6,14H,7H2,1-3H3,(H,15,16);1-4H/b13-11+;;;;;. The summed E-state index contributed by atoms with van der Waals surface area (Å²) in [6.45, 7) is 22.3. The van der Waals surface area contributed by atoms with Gasteiger partial charge in [0.15, 0.2) is 29.3 Å². The van der Waals surface area contributed by atoms with Crippen LogP contribution < -0.4 is 43.3 Å². The van der Waals surface area contributed by atoms with Gasteiger partial charge >= 0.3 is 36.1 Å². The van der Waals surface area contributed by atoms with Gasteiger partial charge in [0.2, 0.25) is 23.8 Å². The molecule has 2 aliphatic carbocycles. The lowest BCUT2D eigenvalue weighted by atomic mass is 10.2. The molecule has 117 heavy (non-hydrogen) atoms. The molecule has 4 aliphatic rings. The number of hydrogen-bond donors (Lipinski definition) is 7. The summed E-state index contributed by atoms with van der Waals surface area (Å²) in [6.07, 6.45) is 16.6. The lowest BCUT2D eigenvalue weighted by molar-refractivity contribution is -0.138. The van der Waals surface area contributed by atoms with Crippen molar-refractivity contribution in [2.45, 2.75) is 119 Å². The van der Waals surface area contributed by atoms with Gasteiger partial charge in [0.05, 0.1) is 46.0 Å². The topological polar surface area (TPSA) is 464 Å². The van der Waals surface area contributed by atoms with Crippen molar-refractivity contribution in [3.05, 3.63) is 214 Å². The molecule has 2 saturated heterocycles. The number of carbonyl (C=O) groups excluding carboxylic acids is 6. The van der Waals surface area contributed by atoms with Crippen LogP contribution in [0, 0.1) is 58.8 Å². The molecule has 620 valence electrons. The molecule has 4 fully saturated rings. The van der Waals surface area contributed by atoms with E-state index < -0.39 is 71.1 Å². The van der Waals surface area contributed by atoms with Crippen molar-refractivity contribution in [3.63, 3.8) is 0 Å². The lowest BCUT2D eigenvalue weighted by Crippen LogP contribution is -2.42. The number of nitrogens with two attached hydrogens (primary N) is 3. The van der Waals surface area contributed by atoms with Crippen molar-refractivity contribution < 1.29 is 79.9 Å². The fourth-order valence-electron chi connectivity index (χ4n) is 11.3. The predicted molar refractivity (Wildman–Crippen MR) is 416 cm³/mol. The van der Waals surface area contributed by atoms with E-state index in [1.807, 2.05) is 30.6 Å². The summed E-state index contributed by atoms with van der Waals surface area (Å²) in [5.74, 6) is 0.770. The number of aldehydes is 1. The minimum Gasteiger partial charge on any atom is -0.477 e. The Morgan fingerprint density at radius 2 is 0.923 bits per heavy atom. The number of carboxylic acids is 1. The fourth-order valence-corrected chi connectivity index (χ4v) is 11.3. The van der Waals surface area contributed by atoms with Gasteiger partial charge in [0, 0.05) is 100 Å². The number of ether oxygens (including phenoxy) is 5. The van der Waals surface area contributed by atoms with Crippen LogP contribution in [0.25, 0.3) is 0 Å². The summed E-state index contributed by atoms with van der Waals surface area (Å²) in [5, 5.41) is 31.5. The fraction of sp³-hybridized carbons (Fsp3) is 0.372. The molecule has 2 aliphatic heterocycles. The molecule has 2 saturated carbocycles. The van der Waals surface area contributed by atoms with Crippen LogP contribution in [-0.4, -0.2) is 169 Å². The van der Waals surface area contributed by atoms with E-state index >= 15 is 0 Å². The summed E-state index contributed by atoms with van der Waals surface area (Å²) in [5.41, 5.74) is 27.8. The number of carbonyl (C=O) groups is 7. The summed E-state index contributed by atoms with van der Waals surface area (Å²) in [6, 6.07) is 20.6. The summed E-state index contributed by atoms with van der Waals surface area (Å²) in [4.78, 5) is 107. The van der Waals surface area contributed by atoms with Crippen molar-refractivity contribution in [2.75, 3.05) is 73.0 Å². The second-order valence-electron chi connectivity index (χ2n) is 28.6. The second kappa shape index (κ2) is 41.9. The lowest BCUT2D eigenvalue weighted by Gasteiger charge is -2.25. The number of halogens is 4. The molecule has 2 amide bonds. The third-order valence-electron chi connectivity index (χ3n) is 16.9. The number of piperidine rings is 2. The highest BCUT2D eigenvalue weighted by Gasteiger charge is 2.46. The quantitative estimate of drug-likeness (QED) is 0.00458. The molecular weight excluding hydrogens is 1530 g/mol. The van der Waals surface area contributed by atoms with Crippen LogP contribution >= 0.6 is 0 Å². The van der Waals surface area contributed by atoms with Crippen LogP contribution in [0.4, 0.5) is 56.2 Å². The van der Waals surface area contributed by atoms with Gasteiger partial charge in [-0.05, 0) is 169 Å². The number of rotatable bonds is 23. The first kappa shape index (κ1) is 88.9. The molecule has 4 atom stereocenters. The van der Waals surface area contributed by atoms with Gasteiger partial charge < -0.3 is 55.8 Å². The smallest absolute Gasteiger partial charge is 0.426 e. The number of carboxylic acid groups (broad SMARTS) is 1. The van der Waals surface area contributed by atoms with E-state index in [1.165, 1.54) is 88.7 Å². The van der Waals surface area contributed by atoms with Crippen molar-refractivity contribution in [1.82, 2.24) is 80.5 Å². The zero-order chi connectivity index (χ0) is 85.1. The molecule has 9 aromatic heterocycles. The second-order valence-corrected chi connectivity index (χ2v) is 28.6. The zero-order valence-corrected chi connectivity index (χ0v) is 65.7. The van der Waals surface area contributed by atoms with Crippen LogP contribution in [0.2, 0.25) is 0 Å². The highest BCUT2D eigenvalue weighted by Crippen LogP contribution is 2.47. The number of aromatic carboxylic acids is 1. The van der Waals surface area contributed by atoms with Gasteiger partial charge in [-0.25, -0.2) is 69.5 Å². The van der Waals surface area contributed by atoms with Gasteiger partial charge in [0.25, 0.3) is 0 Å². The van der Waals surface area contributed by atoms with Crippen LogP contribution in [0.3, 0.4) is 0 Å². The van der Waals surface area contributed by atoms with Gasteiger partial charge in [0.1, 0.15) is 45.6 Å². The van der Waals surface area contributed by atoms with Crippen molar-refractivity contribution >= 4 is 71.4 Å². The molecule has 9 aromatic rings. The molecule has 35 nitrogen and oxygen atoms in total. The molecule has 4 unspecified atom stereocenters. The Hall–Kier alpha value is -13.7. The predicted octanol–water partition coefficient (Wildman–Crippen LogP) is 9.04. The molecule has 0 radical (unpaired) electrons. The number of hydrogen-bond acceptors (Lipinski definition) is 29. The van der Waals surface area contributed by atoms with E-state index in [9.17, 15) is 51.1 Å². The van der Waals surface area contributed by atoms with E-state index in [2.05, 4.69) is 77.3 Å². The Labute approximate surface area is 670 Å². The normalized spacial score (nSPS) is 15.2. The largest absolute Gasteiger partial charge is 0.477 e. The van der Waals surface area contributed by atoms with Crippen LogP contribution in [0.5, 0.6) is 0 Å². The SMILES string of the molecule is CC(C)(C)OC(=O)NNCc1ccc(F)nc1.CCOC(=O)/C(C#N)=C/N(Cc1ccc(F)nc1)NC(=O)OC(C)(C)C.CCOC(=O)c1cn(Cc2ccc(F)nc2)nc1N.CCOC(=O)c1cn(Cc2ccc(N3CC4CC4C3)nc2)nc1N.Nc1nn(Cc2ccc(N3CC4CC4C3)nc2)cc1C(=O)O.O=Cc1ccc(F)nc1. The Balaban J connectivity index is 0.000000179. The monoisotopic (exact) mass is 1620 g/mol. The van der Waals surface area contributed by atoms with Crippen molar-refractivity contribution in [2.24, 2.45) is 23.7 Å². The molecule has 0 aromatic carbocycles. The number of aromatic nitrogens is 12. The average Bonchev–Trinajstić information content (AvgIpc) is 1.64. The Bertz CT molecular complexity index is 4860. The number of esters is 3. The number of nitriles is 1. The van der Waals surface area contributed by atoms with Crippen LogP contribution in [0.1, 0.15) is 144 Å². The maximum absolute atomic E-state index is 12.9. The number of nitrogens with one attached hydrogen (secondary N) is 3. The maximum atomic E-state index is 12.9. The van der Waals surface area contributed by atoms with Gasteiger partial charge in [-0.15, -0.1) is 0 Å². The summed E-state index contributed by atoms with van der Waals surface area (Å²) in [7, 11) is 0. The van der Waals surface area contributed by atoms with Gasteiger partial charge in [-0.1, -0.05) is 30.3 Å². The molecule has 13 rings (SSSR count). The molecule has 10 N–H and O–H groups in total. The van der Waals surface area contributed by atoms with Crippen molar-refractivity contribution in [3.8, 4) is 6.07 Å². The first-order valence-electron chi connectivity index (χ1n) is 36.8. The number of nitrogens with zero attached hydrogens (tertiary/aromatic N) is 16. The molecular formula is C78H92F4N22O13. The average molecular weight is 1620 g/mol. The van der Waals surface area contributed by atoms with Gasteiger partial charge in [-0.2, -0.15) is 38.1 Å². The van der Waals surface area contributed by atoms with Crippen LogP contribution in [0.15, 0.2) is 140 Å². The molecule has 0 bridgehead atoms. The van der Waals surface area contributed by atoms with Crippen LogP contribution in [-0.2, 0) is 61.2 Å². The van der Waals surface area contributed by atoms with E-state index in [-0.39, 0.29) is 53.9 Å². The number of fused-ring (bicyclic) bond motifs is 2. The summed E-state index contributed by atoms with van der Waals surface area (Å²) >= 11 is 0. The number of anilines is 5. The van der Waals surface area contributed by atoms with Crippen molar-refractivity contribution in [1.29, 1.82) is 5.26 Å². The molecule has 11 heterocycles.